The van der Waals surface area contributed by atoms with Crippen molar-refractivity contribution >= 4 is 23.1 Å². The first kappa shape index (κ1) is 32.4. The van der Waals surface area contributed by atoms with Gasteiger partial charge in [-0.2, -0.15) is 26.3 Å². The Bertz CT molecular complexity index is 1550. The van der Waals surface area contributed by atoms with Crippen molar-refractivity contribution in [3.05, 3.63) is 94.6 Å². The lowest BCUT2D eigenvalue weighted by atomic mass is 9.75. The molecule has 0 aliphatic carbocycles. The molecule has 3 aromatic rings. The number of anilines is 1. The Kier molecular flexibility index (Phi) is 9.31. The molecule has 1 unspecified atom stereocenters. The van der Waals surface area contributed by atoms with Crippen LogP contribution in [-0.4, -0.2) is 37.9 Å². The van der Waals surface area contributed by atoms with Crippen LogP contribution < -0.4 is 20.1 Å². The molecule has 1 heterocycles. The van der Waals surface area contributed by atoms with Gasteiger partial charge >= 0.3 is 12.4 Å². The molecule has 0 saturated heterocycles. The van der Waals surface area contributed by atoms with Crippen LogP contribution >= 0.6 is 0 Å². The van der Waals surface area contributed by atoms with Gasteiger partial charge in [-0.05, 0) is 78.9 Å². The Morgan fingerprint density at radius 2 is 1.57 bits per heavy atom. The molecule has 0 saturated carbocycles. The number of ether oxygens (including phenoxy) is 2. The van der Waals surface area contributed by atoms with Gasteiger partial charge in [0.1, 0.15) is 17.1 Å². The molecular weight excluding hydrogens is 590 g/mol. The van der Waals surface area contributed by atoms with Gasteiger partial charge in [-0.25, -0.2) is 0 Å². The largest absolute Gasteiger partial charge is 0.497 e. The lowest BCUT2D eigenvalue weighted by Gasteiger charge is -2.41. The molecular formula is C32H30F6N2O4. The number of aryl methyl sites for hydroxylation is 2. The van der Waals surface area contributed by atoms with Crippen LogP contribution in [0.3, 0.4) is 0 Å². The van der Waals surface area contributed by atoms with Crippen LogP contribution in [0.4, 0.5) is 32.0 Å². The van der Waals surface area contributed by atoms with E-state index in [1.807, 2.05) is 6.92 Å². The number of amides is 2. The summed E-state index contributed by atoms with van der Waals surface area (Å²) < 4.78 is 92.7. The van der Waals surface area contributed by atoms with Crippen LogP contribution in [0.15, 0.2) is 72.3 Å². The van der Waals surface area contributed by atoms with Crippen molar-refractivity contribution in [2.75, 3.05) is 19.0 Å². The fourth-order valence-electron chi connectivity index (χ4n) is 5.09. The fourth-order valence-corrected chi connectivity index (χ4v) is 5.09. The molecule has 0 spiro atoms. The second-order valence-electron chi connectivity index (χ2n) is 10.5. The highest BCUT2D eigenvalue weighted by Gasteiger charge is 2.60. The highest BCUT2D eigenvalue weighted by Crippen LogP contribution is 2.49. The second kappa shape index (κ2) is 12.6. The van der Waals surface area contributed by atoms with Gasteiger partial charge in [-0.1, -0.05) is 35.9 Å². The summed E-state index contributed by atoms with van der Waals surface area (Å²) in [5, 5.41) is 4.66. The third-order valence-corrected chi connectivity index (χ3v) is 7.28. The van der Waals surface area contributed by atoms with Gasteiger partial charge in [-0.3, -0.25) is 9.59 Å². The Labute approximate surface area is 250 Å². The van der Waals surface area contributed by atoms with E-state index in [2.05, 4.69) is 10.6 Å². The summed E-state index contributed by atoms with van der Waals surface area (Å²) in [7, 11) is 1.47. The maximum Gasteiger partial charge on any atom is 0.416 e. The van der Waals surface area contributed by atoms with Gasteiger partial charge in [0.2, 0.25) is 0 Å². The predicted molar refractivity (Wildman–Crippen MR) is 152 cm³/mol. The Hall–Kier alpha value is -4.48. The van der Waals surface area contributed by atoms with E-state index in [4.69, 9.17) is 9.47 Å². The number of alkyl halides is 6. The molecule has 2 amide bonds. The van der Waals surface area contributed by atoms with Crippen molar-refractivity contribution < 1.29 is 45.4 Å². The molecule has 12 heteroatoms. The van der Waals surface area contributed by atoms with Crippen LogP contribution in [-0.2, 0) is 15.1 Å². The number of hydrogen-bond donors (Lipinski definition) is 2. The van der Waals surface area contributed by atoms with E-state index in [1.165, 1.54) is 31.4 Å². The SMILES string of the molecule is COc1ccc(NC(=O)C2=C(c3ccc(C)cc3C)CC(c3ccc(OCCCC(F)(F)F)cc3)(C(F)(F)F)NC2=O)cc1. The first-order valence-electron chi connectivity index (χ1n) is 13.6. The molecule has 44 heavy (non-hydrogen) atoms. The molecule has 2 N–H and O–H groups in total. The lowest BCUT2D eigenvalue weighted by molar-refractivity contribution is -0.201. The number of carbonyl (C=O) groups excluding carboxylic acids is 2. The number of carbonyl (C=O) groups is 2. The molecule has 234 valence electrons. The molecule has 6 nitrogen and oxygen atoms in total. The average Bonchev–Trinajstić information content (AvgIpc) is 2.94. The minimum atomic E-state index is -5.01. The fraction of sp³-hybridized carbons (Fsp3) is 0.312. The smallest absolute Gasteiger partial charge is 0.416 e. The number of nitrogens with one attached hydrogen (secondary N) is 2. The summed E-state index contributed by atoms with van der Waals surface area (Å²) in [6.45, 7) is 3.20. The van der Waals surface area contributed by atoms with Gasteiger partial charge in [0, 0.05) is 18.5 Å². The zero-order valence-electron chi connectivity index (χ0n) is 24.1. The van der Waals surface area contributed by atoms with E-state index in [0.717, 1.165) is 17.7 Å². The van der Waals surface area contributed by atoms with E-state index in [-0.39, 0.29) is 29.9 Å². The quantitative estimate of drug-likeness (QED) is 0.149. The van der Waals surface area contributed by atoms with E-state index in [9.17, 15) is 22.8 Å². The van der Waals surface area contributed by atoms with Crippen molar-refractivity contribution in [1.82, 2.24) is 5.32 Å². The van der Waals surface area contributed by atoms with Crippen LogP contribution in [0.2, 0.25) is 0 Å². The van der Waals surface area contributed by atoms with E-state index in [1.54, 1.807) is 37.3 Å². The maximum atomic E-state index is 15.0. The molecule has 1 aliphatic rings. The van der Waals surface area contributed by atoms with Gasteiger partial charge in [0.15, 0.2) is 5.54 Å². The normalized spacial score (nSPS) is 17.2. The van der Waals surface area contributed by atoms with Crippen molar-refractivity contribution in [3.63, 3.8) is 0 Å². The predicted octanol–water partition coefficient (Wildman–Crippen LogP) is 7.40. The Morgan fingerprint density at radius 1 is 0.932 bits per heavy atom. The summed E-state index contributed by atoms with van der Waals surface area (Å²) in [6.07, 6.45) is -11.5. The summed E-state index contributed by atoms with van der Waals surface area (Å²) >= 11 is 0. The number of hydrogen-bond acceptors (Lipinski definition) is 4. The lowest BCUT2D eigenvalue weighted by Crippen LogP contribution is -2.59. The zero-order chi connectivity index (χ0) is 32.3. The first-order chi connectivity index (χ1) is 20.6. The van der Waals surface area contributed by atoms with Gasteiger partial charge < -0.3 is 20.1 Å². The van der Waals surface area contributed by atoms with Crippen LogP contribution in [0, 0.1) is 13.8 Å². The third-order valence-electron chi connectivity index (χ3n) is 7.28. The maximum absolute atomic E-state index is 15.0. The third kappa shape index (κ3) is 7.17. The van der Waals surface area contributed by atoms with Crippen LogP contribution in [0.25, 0.3) is 5.57 Å². The standard InChI is InChI=1S/C32H30F6N2O4/c1-19-5-14-25(20(2)17-19)26-18-30(32(36,37)38,21-6-10-24(11-7-21)44-16-4-15-31(33,34)35)40-29(42)27(26)28(41)39-22-8-12-23(43-3)13-9-22/h5-14,17H,4,15-16,18H2,1-3H3,(H,39,41)(H,40,42). The minimum absolute atomic E-state index is 0.0695. The summed E-state index contributed by atoms with van der Waals surface area (Å²) in [5.74, 6) is -1.52. The minimum Gasteiger partial charge on any atom is -0.497 e. The van der Waals surface area contributed by atoms with Crippen LogP contribution in [0.1, 0.15) is 41.5 Å². The molecule has 4 rings (SSSR count). The van der Waals surface area contributed by atoms with E-state index < -0.39 is 48.1 Å². The van der Waals surface area contributed by atoms with E-state index >= 15 is 13.2 Å². The van der Waals surface area contributed by atoms with Gasteiger partial charge in [0.05, 0.1) is 13.7 Å². The summed E-state index contributed by atoms with van der Waals surface area (Å²) in [5.41, 5.74) is -1.79. The first-order valence-corrected chi connectivity index (χ1v) is 13.6. The molecule has 0 aromatic heterocycles. The summed E-state index contributed by atoms with van der Waals surface area (Å²) in [4.78, 5) is 27.1. The highest BCUT2D eigenvalue weighted by atomic mass is 19.4. The molecule has 0 fully saturated rings. The zero-order valence-corrected chi connectivity index (χ0v) is 24.1. The highest BCUT2D eigenvalue weighted by molar-refractivity contribution is 6.28. The monoisotopic (exact) mass is 620 g/mol. The molecule has 1 aliphatic heterocycles. The topological polar surface area (TPSA) is 76.7 Å². The number of halogens is 6. The second-order valence-corrected chi connectivity index (χ2v) is 10.5. The molecule has 0 bridgehead atoms. The molecule has 1 atom stereocenters. The summed E-state index contributed by atoms with van der Waals surface area (Å²) in [6, 6.07) is 15.8. The van der Waals surface area contributed by atoms with Crippen molar-refractivity contribution in [3.8, 4) is 11.5 Å². The number of methoxy groups -OCH3 is 1. The Morgan fingerprint density at radius 3 is 2.14 bits per heavy atom. The van der Waals surface area contributed by atoms with Crippen molar-refractivity contribution in [2.24, 2.45) is 0 Å². The van der Waals surface area contributed by atoms with Crippen molar-refractivity contribution in [2.45, 2.75) is 51.0 Å². The number of rotatable bonds is 9. The van der Waals surface area contributed by atoms with Gasteiger partial charge in [0.25, 0.3) is 11.8 Å². The van der Waals surface area contributed by atoms with Crippen molar-refractivity contribution in [1.29, 1.82) is 0 Å². The Balaban J connectivity index is 1.74. The number of benzene rings is 3. The van der Waals surface area contributed by atoms with E-state index in [0.29, 0.717) is 22.6 Å². The van der Waals surface area contributed by atoms with Crippen LogP contribution in [0.5, 0.6) is 11.5 Å². The molecule has 0 radical (unpaired) electrons. The average molecular weight is 621 g/mol. The molecule has 3 aromatic carbocycles. The van der Waals surface area contributed by atoms with Gasteiger partial charge in [-0.15, -0.1) is 0 Å².